The molecule has 2 heterocycles. The van der Waals surface area contributed by atoms with Crippen molar-refractivity contribution >= 4 is 27.5 Å². The zero-order chi connectivity index (χ0) is 13.2. The summed E-state index contributed by atoms with van der Waals surface area (Å²) in [5.41, 5.74) is 2.81. The fraction of sp³-hybridized carbons (Fsp3) is 0.231. The number of amides is 1. The molecule has 1 aromatic carbocycles. The number of nitrogens with one attached hydrogen (secondary N) is 3. The number of fused-ring (bicyclic) bond motifs is 1. The van der Waals surface area contributed by atoms with Crippen molar-refractivity contribution in [1.29, 1.82) is 0 Å². The van der Waals surface area contributed by atoms with Crippen molar-refractivity contribution in [2.75, 3.05) is 5.32 Å². The number of nitrogens with zero attached hydrogens (tertiary/aromatic N) is 1. The molecule has 1 aliphatic heterocycles. The van der Waals surface area contributed by atoms with Gasteiger partial charge in [0, 0.05) is 23.1 Å². The average molecular weight is 321 g/mol. The second-order valence-electron chi connectivity index (χ2n) is 4.46. The van der Waals surface area contributed by atoms with Crippen LogP contribution in [0.2, 0.25) is 0 Å². The molecule has 19 heavy (non-hydrogen) atoms. The highest BCUT2D eigenvalue weighted by atomic mass is 79.9. The van der Waals surface area contributed by atoms with Gasteiger partial charge in [0.15, 0.2) is 0 Å². The smallest absolute Gasteiger partial charge is 0.241 e. The standard InChI is InChI=1S/C13H13BrN4O/c14-8-2-1-3-9(4-8)18-13(19)11-5-10-12(6-15-11)17-7-16-10/h1-4,7,11,15H,5-6H2,(H,16,17)(H,18,19). The molecule has 0 radical (unpaired) electrons. The molecule has 0 aliphatic carbocycles. The van der Waals surface area contributed by atoms with Crippen LogP contribution in [0.1, 0.15) is 11.4 Å². The summed E-state index contributed by atoms with van der Waals surface area (Å²) in [6.45, 7) is 0.645. The Bertz CT molecular complexity index is 610. The molecule has 1 amide bonds. The van der Waals surface area contributed by atoms with Crippen LogP contribution in [-0.2, 0) is 17.8 Å². The number of hydrogen-bond donors (Lipinski definition) is 3. The molecule has 0 fully saturated rings. The van der Waals surface area contributed by atoms with Crippen molar-refractivity contribution in [3.8, 4) is 0 Å². The first kappa shape index (κ1) is 12.4. The minimum atomic E-state index is -0.241. The number of anilines is 1. The van der Waals surface area contributed by atoms with Gasteiger partial charge in [-0.05, 0) is 18.2 Å². The number of hydrogen-bond acceptors (Lipinski definition) is 3. The molecule has 6 heteroatoms. The number of imidazole rings is 1. The molecule has 3 N–H and O–H groups in total. The second kappa shape index (κ2) is 5.14. The summed E-state index contributed by atoms with van der Waals surface area (Å²) in [5, 5.41) is 6.11. The van der Waals surface area contributed by atoms with Gasteiger partial charge in [-0.1, -0.05) is 22.0 Å². The lowest BCUT2D eigenvalue weighted by molar-refractivity contribution is -0.118. The first-order valence-corrected chi connectivity index (χ1v) is 6.82. The van der Waals surface area contributed by atoms with Crippen LogP contribution >= 0.6 is 15.9 Å². The zero-order valence-corrected chi connectivity index (χ0v) is 11.7. The lowest BCUT2D eigenvalue weighted by Crippen LogP contribution is -2.44. The second-order valence-corrected chi connectivity index (χ2v) is 5.38. The van der Waals surface area contributed by atoms with Crippen molar-refractivity contribution in [1.82, 2.24) is 15.3 Å². The Hall–Kier alpha value is -1.66. The molecule has 1 unspecified atom stereocenters. The van der Waals surface area contributed by atoms with Gasteiger partial charge in [0.05, 0.1) is 23.8 Å². The Labute approximate surface area is 119 Å². The van der Waals surface area contributed by atoms with E-state index in [4.69, 9.17) is 0 Å². The fourth-order valence-electron chi connectivity index (χ4n) is 2.15. The van der Waals surface area contributed by atoms with Crippen molar-refractivity contribution in [2.45, 2.75) is 19.0 Å². The highest BCUT2D eigenvalue weighted by molar-refractivity contribution is 9.10. The minimum absolute atomic E-state index is 0.0354. The highest BCUT2D eigenvalue weighted by Crippen LogP contribution is 2.17. The van der Waals surface area contributed by atoms with Gasteiger partial charge in [0.25, 0.3) is 0 Å². The Morgan fingerprint density at radius 3 is 3.21 bits per heavy atom. The van der Waals surface area contributed by atoms with Gasteiger partial charge in [0.1, 0.15) is 0 Å². The van der Waals surface area contributed by atoms with E-state index in [1.807, 2.05) is 24.3 Å². The molecule has 1 atom stereocenters. The van der Waals surface area contributed by atoms with E-state index < -0.39 is 0 Å². The van der Waals surface area contributed by atoms with E-state index in [-0.39, 0.29) is 11.9 Å². The Morgan fingerprint density at radius 1 is 1.47 bits per heavy atom. The monoisotopic (exact) mass is 320 g/mol. The van der Waals surface area contributed by atoms with E-state index >= 15 is 0 Å². The van der Waals surface area contributed by atoms with Gasteiger partial charge in [-0.15, -0.1) is 0 Å². The molecular formula is C13H13BrN4O. The van der Waals surface area contributed by atoms with Crippen LogP contribution in [0.25, 0.3) is 0 Å². The normalized spacial score (nSPS) is 17.8. The maximum atomic E-state index is 12.2. The van der Waals surface area contributed by atoms with Crippen molar-refractivity contribution in [2.24, 2.45) is 0 Å². The minimum Gasteiger partial charge on any atom is -0.347 e. The number of carbonyl (C=O) groups is 1. The molecule has 1 aromatic heterocycles. The van der Waals surface area contributed by atoms with Crippen molar-refractivity contribution < 1.29 is 4.79 Å². The van der Waals surface area contributed by atoms with E-state index in [0.29, 0.717) is 13.0 Å². The summed E-state index contributed by atoms with van der Waals surface area (Å²) in [7, 11) is 0. The summed E-state index contributed by atoms with van der Waals surface area (Å²) < 4.78 is 0.941. The largest absolute Gasteiger partial charge is 0.347 e. The quantitative estimate of drug-likeness (QED) is 0.790. The Morgan fingerprint density at radius 2 is 2.37 bits per heavy atom. The Kier molecular flexibility index (Phi) is 3.35. The van der Waals surface area contributed by atoms with Crippen LogP contribution in [-0.4, -0.2) is 21.9 Å². The molecule has 0 saturated carbocycles. The van der Waals surface area contributed by atoms with E-state index in [2.05, 4.69) is 36.5 Å². The maximum absolute atomic E-state index is 12.2. The summed E-state index contributed by atoms with van der Waals surface area (Å²) in [4.78, 5) is 19.5. The maximum Gasteiger partial charge on any atom is 0.241 e. The zero-order valence-electron chi connectivity index (χ0n) is 10.1. The number of rotatable bonds is 2. The third-order valence-corrected chi connectivity index (χ3v) is 3.63. The fourth-order valence-corrected chi connectivity index (χ4v) is 2.55. The molecule has 3 rings (SSSR count). The van der Waals surface area contributed by atoms with Crippen LogP contribution in [0.3, 0.4) is 0 Å². The number of benzene rings is 1. The first-order chi connectivity index (χ1) is 9.22. The number of aromatic amines is 1. The molecule has 1 aliphatic rings. The van der Waals surface area contributed by atoms with E-state index in [0.717, 1.165) is 21.5 Å². The third kappa shape index (κ3) is 2.69. The summed E-state index contributed by atoms with van der Waals surface area (Å²) in [5.74, 6) is -0.0354. The van der Waals surface area contributed by atoms with Gasteiger partial charge in [0.2, 0.25) is 5.91 Å². The molecule has 0 bridgehead atoms. The van der Waals surface area contributed by atoms with Crippen LogP contribution in [0.15, 0.2) is 35.1 Å². The van der Waals surface area contributed by atoms with Crippen LogP contribution in [0.4, 0.5) is 5.69 Å². The summed E-state index contributed by atoms with van der Waals surface area (Å²) in [6.07, 6.45) is 2.28. The predicted octanol–water partition coefficient (Wildman–Crippen LogP) is 1.83. The van der Waals surface area contributed by atoms with Gasteiger partial charge < -0.3 is 10.3 Å². The lowest BCUT2D eigenvalue weighted by Gasteiger charge is -2.22. The van der Waals surface area contributed by atoms with E-state index in [9.17, 15) is 4.79 Å². The number of aromatic nitrogens is 2. The van der Waals surface area contributed by atoms with Crippen molar-refractivity contribution in [3.63, 3.8) is 0 Å². The van der Waals surface area contributed by atoms with E-state index in [1.165, 1.54) is 0 Å². The SMILES string of the molecule is O=C(Nc1cccc(Br)c1)C1Cc2nc[nH]c2CN1. The molecule has 0 saturated heterocycles. The van der Waals surface area contributed by atoms with E-state index in [1.54, 1.807) is 6.33 Å². The molecule has 2 aromatic rings. The predicted molar refractivity (Wildman–Crippen MR) is 75.7 cm³/mol. The van der Waals surface area contributed by atoms with Crippen LogP contribution < -0.4 is 10.6 Å². The molecule has 0 spiro atoms. The lowest BCUT2D eigenvalue weighted by atomic mass is 10.0. The number of H-pyrrole nitrogens is 1. The highest BCUT2D eigenvalue weighted by Gasteiger charge is 2.25. The first-order valence-electron chi connectivity index (χ1n) is 6.03. The molecule has 98 valence electrons. The summed E-state index contributed by atoms with van der Waals surface area (Å²) >= 11 is 3.38. The van der Waals surface area contributed by atoms with Crippen LogP contribution in [0, 0.1) is 0 Å². The van der Waals surface area contributed by atoms with Gasteiger partial charge in [-0.3, -0.25) is 10.1 Å². The average Bonchev–Trinajstić information content (AvgIpc) is 2.85. The third-order valence-electron chi connectivity index (χ3n) is 3.14. The van der Waals surface area contributed by atoms with Crippen molar-refractivity contribution in [3.05, 3.63) is 46.5 Å². The molecule has 5 nitrogen and oxygen atoms in total. The Balaban J connectivity index is 1.69. The van der Waals surface area contributed by atoms with Gasteiger partial charge in [-0.2, -0.15) is 0 Å². The molecular weight excluding hydrogens is 308 g/mol. The van der Waals surface area contributed by atoms with Gasteiger partial charge in [-0.25, -0.2) is 4.98 Å². The number of halogens is 1. The topological polar surface area (TPSA) is 69.8 Å². The van der Waals surface area contributed by atoms with Gasteiger partial charge >= 0.3 is 0 Å². The van der Waals surface area contributed by atoms with Crippen LogP contribution in [0.5, 0.6) is 0 Å². The number of carbonyl (C=O) groups excluding carboxylic acids is 1. The summed E-state index contributed by atoms with van der Waals surface area (Å²) in [6, 6.07) is 7.31.